The van der Waals surface area contributed by atoms with Crippen LogP contribution < -0.4 is 5.32 Å². The van der Waals surface area contributed by atoms with Gasteiger partial charge in [0.1, 0.15) is 0 Å². The van der Waals surface area contributed by atoms with Crippen molar-refractivity contribution in [3.8, 4) is 0 Å². The Morgan fingerprint density at radius 3 is 2.73 bits per heavy atom. The van der Waals surface area contributed by atoms with Crippen LogP contribution in [-0.4, -0.2) is 52.0 Å². The monoisotopic (exact) mass is 355 g/mol. The second-order valence-corrected chi connectivity index (χ2v) is 7.41. The molecule has 7 heteroatoms. The Bertz CT molecular complexity index is 762. The Morgan fingerprint density at radius 2 is 2.08 bits per heavy atom. The van der Waals surface area contributed by atoms with Gasteiger partial charge in [0, 0.05) is 32.6 Å². The molecule has 0 spiro atoms. The van der Waals surface area contributed by atoms with Crippen LogP contribution in [0.5, 0.6) is 0 Å². The van der Waals surface area contributed by atoms with Crippen LogP contribution in [0.2, 0.25) is 0 Å². The SMILES string of the molecule is CO[C@H]1C[C@@H]2CN(C(=O)Nc3cccnc3)C[C@@H]2C[C@@H]1n1cc(C)cn1. The van der Waals surface area contributed by atoms with E-state index in [4.69, 9.17) is 4.74 Å². The fourth-order valence-corrected chi connectivity index (χ4v) is 4.34. The van der Waals surface area contributed by atoms with E-state index in [2.05, 4.69) is 28.5 Å². The van der Waals surface area contributed by atoms with Gasteiger partial charge in [0.15, 0.2) is 0 Å². The number of hydrogen-bond donors (Lipinski definition) is 1. The first-order valence-electron chi connectivity index (χ1n) is 9.13. The minimum absolute atomic E-state index is 0.0483. The maximum absolute atomic E-state index is 12.6. The molecule has 0 aromatic carbocycles. The first-order valence-corrected chi connectivity index (χ1v) is 9.13. The molecular weight excluding hydrogens is 330 g/mol. The van der Waals surface area contributed by atoms with E-state index in [0.29, 0.717) is 11.8 Å². The van der Waals surface area contributed by atoms with Crippen LogP contribution in [0.25, 0.3) is 0 Å². The summed E-state index contributed by atoms with van der Waals surface area (Å²) in [4.78, 5) is 18.6. The van der Waals surface area contributed by atoms with Crippen LogP contribution in [0.1, 0.15) is 24.4 Å². The van der Waals surface area contributed by atoms with E-state index >= 15 is 0 Å². The smallest absolute Gasteiger partial charge is 0.321 e. The zero-order valence-corrected chi connectivity index (χ0v) is 15.2. The number of anilines is 1. The molecule has 1 N–H and O–H groups in total. The lowest BCUT2D eigenvalue weighted by Gasteiger charge is -2.37. The highest BCUT2D eigenvalue weighted by molar-refractivity contribution is 5.89. The van der Waals surface area contributed by atoms with Crippen LogP contribution in [0.3, 0.4) is 0 Å². The summed E-state index contributed by atoms with van der Waals surface area (Å²) in [5.74, 6) is 0.961. The van der Waals surface area contributed by atoms with Gasteiger partial charge in [-0.15, -0.1) is 0 Å². The minimum atomic E-state index is -0.0483. The molecule has 0 bridgehead atoms. The number of urea groups is 1. The van der Waals surface area contributed by atoms with Gasteiger partial charge in [-0.25, -0.2) is 4.79 Å². The van der Waals surface area contributed by atoms with Crippen molar-refractivity contribution in [2.75, 3.05) is 25.5 Å². The van der Waals surface area contributed by atoms with E-state index in [1.807, 2.05) is 27.9 Å². The Kier molecular flexibility index (Phi) is 4.63. The molecule has 1 aliphatic carbocycles. The van der Waals surface area contributed by atoms with Gasteiger partial charge in [0.2, 0.25) is 0 Å². The van der Waals surface area contributed by atoms with Gasteiger partial charge in [0.05, 0.1) is 30.2 Å². The van der Waals surface area contributed by atoms with E-state index in [9.17, 15) is 4.79 Å². The molecule has 2 aromatic rings. The van der Waals surface area contributed by atoms with Gasteiger partial charge in [0.25, 0.3) is 0 Å². The third-order valence-corrected chi connectivity index (χ3v) is 5.66. The first kappa shape index (κ1) is 17.0. The molecule has 138 valence electrons. The molecule has 1 saturated carbocycles. The van der Waals surface area contributed by atoms with Crippen molar-refractivity contribution in [3.63, 3.8) is 0 Å². The summed E-state index contributed by atoms with van der Waals surface area (Å²) in [5.41, 5.74) is 1.89. The molecule has 0 radical (unpaired) electrons. The number of carbonyl (C=O) groups excluding carboxylic acids is 1. The summed E-state index contributed by atoms with van der Waals surface area (Å²) in [7, 11) is 1.77. The average Bonchev–Trinajstić information content (AvgIpc) is 3.27. The normalized spacial score (nSPS) is 28.0. The maximum Gasteiger partial charge on any atom is 0.321 e. The zero-order valence-electron chi connectivity index (χ0n) is 15.2. The number of hydrogen-bond acceptors (Lipinski definition) is 4. The Balaban J connectivity index is 1.44. The number of nitrogens with one attached hydrogen (secondary N) is 1. The number of rotatable bonds is 3. The lowest BCUT2D eigenvalue weighted by atomic mass is 9.77. The number of nitrogens with zero attached hydrogens (tertiary/aromatic N) is 4. The van der Waals surface area contributed by atoms with E-state index < -0.39 is 0 Å². The number of aryl methyl sites for hydroxylation is 1. The number of carbonyl (C=O) groups is 1. The van der Waals surface area contributed by atoms with E-state index in [-0.39, 0.29) is 18.2 Å². The van der Waals surface area contributed by atoms with Gasteiger partial charge in [-0.05, 0) is 49.3 Å². The number of likely N-dealkylation sites (tertiary alicyclic amines) is 1. The van der Waals surface area contributed by atoms with Gasteiger partial charge in [-0.2, -0.15) is 5.10 Å². The Hall–Kier alpha value is -2.41. The molecule has 1 saturated heterocycles. The average molecular weight is 355 g/mol. The van der Waals surface area contributed by atoms with Crippen molar-refractivity contribution in [1.82, 2.24) is 19.7 Å². The van der Waals surface area contributed by atoms with E-state index in [1.54, 1.807) is 19.5 Å². The van der Waals surface area contributed by atoms with Crippen LogP contribution >= 0.6 is 0 Å². The number of fused-ring (bicyclic) bond motifs is 1. The molecule has 2 amide bonds. The third kappa shape index (κ3) is 3.31. The van der Waals surface area contributed by atoms with Gasteiger partial charge in [-0.1, -0.05) is 0 Å². The topological polar surface area (TPSA) is 72.3 Å². The summed E-state index contributed by atoms with van der Waals surface area (Å²) >= 11 is 0. The lowest BCUT2D eigenvalue weighted by Crippen LogP contribution is -2.37. The number of ether oxygens (including phenoxy) is 1. The predicted molar refractivity (Wildman–Crippen MR) is 97.8 cm³/mol. The standard InChI is InChI=1S/C19H25N5O2/c1-13-8-21-24(10-13)17-6-14-11-23(12-15(14)7-18(17)26-2)19(25)22-16-4-3-5-20-9-16/h3-5,8-10,14-15,17-18H,6-7,11-12H2,1-2H3,(H,22,25)/t14-,15+,17-,18-/m0/s1. The first-order chi connectivity index (χ1) is 12.6. The summed E-state index contributed by atoms with van der Waals surface area (Å²) in [6.45, 7) is 3.61. The number of amides is 2. The second-order valence-electron chi connectivity index (χ2n) is 7.41. The fourth-order valence-electron chi connectivity index (χ4n) is 4.34. The number of methoxy groups -OCH3 is 1. The molecule has 1 aliphatic heterocycles. The minimum Gasteiger partial charge on any atom is -0.379 e. The van der Waals surface area contributed by atoms with Gasteiger partial charge in [-0.3, -0.25) is 9.67 Å². The van der Waals surface area contributed by atoms with Crippen molar-refractivity contribution >= 4 is 11.7 Å². The second kappa shape index (κ2) is 7.07. The third-order valence-electron chi connectivity index (χ3n) is 5.66. The highest BCUT2D eigenvalue weighted by Gasteiger charge is 2.44. The highest BCUT2D eigenvalue weighted by atomic mass is 16.5. The van der Waals surface area contributed by atoms with Crippen LogP contribution in [0, 0.1) is 18.8 Å². The van der Waals surface area contributed by atoms with E-state index in [0.717, 1.165) is 37.2 Å². The molecule has 26 heavy (non-hydrogen) atoms. The molecule has 2 fully saturated rings. The summed E-state index contributed by atoms with van der Waals surface area (Å²) < 4.78 is 7.82. The summed E-state index contributed by atoms with van der Waals surface area (Å²) in [6, 6.07) is 3.86. The van der Waals surface area contributed by atoms with Crippen molar-refractivity contribution in [2.24, 2.45) is 11.8 Å². The molecule has 2 aromatic heterocycles. The molecule has 3 heterocycles. The molecule has 4 atom stereocenters. The Morgan fingerprint density at radius 1 is 1.27 bits per heavy atom. The van der Waals surface area contributed by atoms with Crippen LogP contribution in [0.15, 0.2) is 36.9 Å². The molecule has 7 nitrogen and oxygen atoms in total. The molecule has 4 rings (SSSR count). The number of aromatic nitrogens is 3. The molecule has 2 aliphatic rings. The maximum atomic E-state index is 12.6. The number of pyridine rings is 1. The summed E-state index contributed by atoms with van der Waals surface area (Å²) in [5, 5.41) is 7.44. The Labute approximate surface area is 153 Å². The van der Waals surface area contributed by atoms with Gasteiger partial charge < -0.3 is 15.0 Å². The fraction of sp³-hybridized carbons (Fsp3) is 0.526. The van der Waals surface area contributed by atoms with Crippen LogP contribution in [-0.2, 0) is 4.74 Å². The zero-order chi connectivity index (χ0) is 18.1. The van der Waals surface area contributed by atoms with Crippen molar-refractivity contribution < 1.29 is 9.53 Å². The quantitative estimate of drug-likeness (QED) is 0.919. The van der Waals surface area contributed by atoms with E-state index in [1.165, 1.54) is 0 Å². The van der Waals surface area contributed by atoms with Crippen molar-refractivity contribution in [3.05, 3.63) is 42.5 Å². The van der Waals surface area contributed by atoms with Crippen molar-refractivity contribution in [1.29, 1.82) is 0 Å². The molecule has 0 unspecified atom stereocenters. The van der Waals surface area contributed by atoms with Gasteiger partial charge >= 0.3 is 6.03 Å². The lowest BCUT2D eigenvalue weighted by molar-refractivity contribution is -0.00487. The largest absolute Gasteiger partial charge is 0.379 e. The molecular formula is C19H25N5O2. The predicted octanol–water partition coefficient (Wildman–Crippen LogP) is 2.72. The van der Waals surface area contributed by atoms with Crippen LogP contribution in [0.4, 0.5) is 10.5 Å². The summed E-state index contributed by atoms with van der Waals surface area (Å²) in [6.07, 6.45) is 9.42. The van der Waals surface area contributed by atoms with Crippen molar-refractivity contribution in [2.45, 2.75) is 31.9 Å². The highest BCUT2D eigenvalue weighted by Crippen LogP contribution is 2.42.